The molecule has 0 saturated carbocycles. The minimum absolute atomic E-state index is 0.194. The van der Waals surface area contributed by atoms with E-state index in [9.17, 15) is 0 Å². The van der Waals surface area contributed by atoms with Crippen molar-refractivity contribution >= 4 is 23.9 Å². The Morgan fingerprint density at radius 3 is 2.92 bits per heavy atom. The minimum atomic E-state index is -0.194. The Kier molecular flexibility index (Phi) is 9.36. The molecule has 3 atom stereocenters. The molecule has 1 fully saturated rings. The molecule has 7 nitrogen and oxygen atoms in total. The topological polar surface area (TPSA) is 98.9 Å². The smallest absolute Gasteiger partial charge is 0.219 e. The summed E-state index contributed by atoms with van der Waals surface area (Å²) >= 11 is 0. The number of guanidine groups is 1. The van der Waals surface area contributed by atoms with Crippen LogP contribution in [0, 0.1) is 5.92 Å². The molecule has 4 rings (SSSR count). The van der Waals surface area contributed by atoms with Crippen molar-refractivity contribution in [1.82, 2.24) is 21.3 Å². The normalized spacial score (nSPS) is 21.6. The molecule has 3 aliphatic rings. The van der Waals surface area contributed by atoms with Gasteiger partial charge in [0.2, 0.25) is 5.96 Å². The molecule has 1 unspecified atom stereocenters. The predicted octanol–water partition coefficient (Wildman–Crippen LogP) is 3.76. The summed E-state index contributed by atoms with van der Waals surface area (Å²) in [4.78, 5) is 9.38. The summed E-state index contributed by atoms with van der Waals surface area (Å²) in [7, 11) is 0. The van der Waals surface area contributed by atoms with Crippen LogP contribution in [0.15, 0.2) is 64.6 Å². The maximum absolute atomic E-state index is 6.09. The summed E-state index contributed by atoms with van der Waals surface area (Å²) in [5.41, 5.74) is 12.8. The molecule has 0 radical (unpaired) electrons. The standard InChI is InChI=1S/C31H45N7/c1-6-24-17-23(11-12-26(24)22(3)35-16-13-31(4,5)32)18-33-14-7-9-21(2)28-27-20-36-30(38-29(27)28)37-25-10-8-15-34-19-25/h6-7,9,11-12,17,20-21,25,29,33-35H,1,3,8,10,13-16,18-19,32H2,2,4-5H3,(H,37,38)/b9-7-/t21-,25?,29-/m0/s1. The number of benzene rings is 1. The lowest BCUT2D eigenvalue weighted by atomic mass is 10.00. The van der Waals surface area contributed by atoms with Crippen LogP contribution >= 0.6 is 0 Å². The average Bonchev–Trinajstić information content (AvgIpc) is 3.61. The number of piperidine rings is 1. The highest BCUT2D eigenvalue weighted by Crippen LogP contribution is 2.41. The zero-order valence-corrected chi connectivity index (χ0v) is 23.3. The van der Waals surface area contributed by atoms with E-state index in [0.717, 1.165) is 61.9 Å². The van der Waals surface area contributed by atoms with E-state index in [1.54, 1.807) is 0 Å². The SMILES string of the molecule is C=Cc1cc(CNC/C=C\[C@H](C)C2=C3C=NC(NC4CCCNC4)=N[C@@H]32)ccc1C(=C)NCCC(C)(C)N. The van der Waals surface area contributed by atoms with Gasteiger partial charge in [0.05, 0.1) is 0 Å². The Hall–Kier alpha value is -3.00. The summed E-state index contributed by atoms with van der Waals surface area (Å²) in [6.07, 6.45) is 11.6. The number of aliphatic imine (C=N–C) groups is 2. The van der Waals surface area contributed by atoms with Gasteiger partial charge in [0.25, 0.3) is 0 Å². The molecule has 0 aromatic heterocycles. The Labute approximate surface area is 228 Å². The fourth-order valence-corrected chi connectivity index (χ4v) is 5.03. The van der Waals surface area contributed by atoms with Crippen molar-refractivity contribution < 1.29 is 0 Å². The second kappa shape index (κ2) is 12.7. The fraction of sp³-hybridized carbons (Fsp3) is 0.484. The van der Waals surface area contributed by atoms with Gasteiger partial charge in [-0.1, -0.05) is 50.4 Å². The van der Waals surface area contributed by atoms with Crippen LogP contribution in [0.2, 0.25) is 0 Å². The van der Waals surface area contributed by atoms with Crippen LogP contribution in [0.4, 0.5) is 0 Å². The monoisotopic (exact) mass is 515 g/mol. The number of nitrogens with one attached hydrogen (secondary N) is 4. The van der Waals surface area contributed by atoms with Crippen molar-refractivity contribution in [3.8, 4) is 0 Å². The maximum Gasteiger partial charge on any atom is 0.219 e. The first kappa shape index (κ1) is 28.0. The zero-order valence-electron chi connectivity index (χ0n) is 23.3. The van der Waals surface area contributed by atoms with E-state index in [0.29, 0.717) is 12.0 Å². The summed E-state index contributed by atoms with van der Waals surface area (Å²) in [6, 6.07) is 7.08. The van der Waals surface area contributed by atoms with Crippen LogP contribution in [0.1, 0.15) is 56.7 Å². The molecule has 6 N–H and O–H groups in total. The molecule has 38 heavy (non-hydrogen) atoms. The van der Waals surface area contributed by atoms with Crippen LogP contribution in [0.25, 0.3) is 11.8 Å². The van der Waals surface area contributed by atoms with E-state index < -0.39 is 0 Å². The second-order valence-corrected chi connectivity index (χ2v) is 11.3. The Balaban J connectivity index is 1.20. The number of allylic oxidation sites excluding steroid dienone is 1. The van der Waals surface area contributed by atoms with Crippen molar-refractivity contribution in [3.63, 3.8) is 0 Å². The summed E-state index contributed by atoms with van der Waals surface area (Å²) in [5, 5.41) is 13.9. The lowest BCUT2D eigenvalue weighted by Crippen LogP contribution is -2.45. The Bertz CT molecular complexity index is 1130. The molecule has 204 valence electrons. The molecule has 2 heterocycles. The number of hydrogen-bond acceptors (Lipinski definition) is 7. The van der Waals surface area contributed by atoms with Gasteiger partial charge in [0.1, 0.15) is 6.04 Å². The quantitative estimate of drug-likeness (QED) is 0.204. The molecular formula is C31H45N7. The molecular weight excluding hydrogens is 470 g/mol. The third kappa shape index (κ3) is 7.76. The van der Waals surface area contributed by atoms with Gasteiger partial charge in [-0.15, -0.1) is 0 Å². The van der Waals surface area contributed by atoms with Gasteiger partial charge in [-0.2, -0.15) is 0 Å². The molecule has 1 saturated heterocycles. The maximum atomic E-state index is 6.09. The lowest BCUT2D eigenvalue weighted by Gasteiger charge is -2.24. The van der Waals surface area contributed by atoms with Gasteiger partial charge in [0, 0.05) is 60.8 Å². The first-order chi connectivity index (χ1) is 18.2. The second-order valence-electron chi connectivity index (χ2n) is 11.3. The zero-order chi connectivity index (χ0) is 27.1. The van der Waals surface area contributed by atoms with E-state index in [4.69, 9.17) is 10.7 Å². The average molecular weight is 516 g/mol. The molecule has 2 aliphatic heterocycles. The van der Waals surface area contributed by atoms with Gasteiger partial charge >= 0.3 is 0 Å². The summed E-state index contributed by atoms with van der Waals surface area (Å²) in [6.45, 7) is 19.0. The van der Waals surface area contributed by atoms with Crippen molar-refractivity contribution in [2.75, 3.05) is 26.2 Å². The van der Waals surface area contributed by atoms with Crippen molar-refractivity contribution in [3.05, 3.63) is 71.3 Å². The first-order valence-corrected chi connectivity index (χ1v) is 13.9. The largest absolute Gasteiger partial charge is 0.385 e. The van der Waals surface area contributed by atoms with Crippen LogP contribution in [0.3, 0.4) is 0 Å². The fourth-order valence-electron chi connectivity index (χ4n) is 5.03. The number of nitrogens with zero attached hydrogens (tertiary/aromatic N) is 2. The van der Waals surface area contributed by atoms with Crippen molar-refractivity contribution in [2.24, 2.45) is 21.6 Å². The van der Waals surface area contributed by atoms with E-state index in [-0.39, 0.29) is 11.6 Å². The van der Waals surface area contributed by atoms with Crippen LogP contribution < -0.4 is 27.0 Å². The highest BCUT2D eigenvalue weighted by molar-refractivity contribution is 6.02. The third-order valence-corrected chi connectivity index (χ3v) is 7.32. The minimum Gasteiger partial charge on any atom is -0.385 e. The predicted molar refractivity (Wildman–Crippen MR) is 162 cm³/mol. The van der Waals surface area contributed by atoms with E-state index in [2.05, 4.69) is 76.7 Å². The lowest BCUT2D eigenvalue weighted by molar-refractivity contribution is 0.430. The number of rotatable bonds is 13. The van der Waals surface area contributed by atoms with Gasteiger partial charge in [-0.25, -0.2) is 9.98 Å². The third-order valence-electron chi connectivity index (χ3n) is 7.32. The van der Waals surface area contributed by atoms with Crippen molar-refractivity contribution in [1.29, 1.82) is 0 Å². The first-order valence-electron chi connectivity index (χ1n) is 13.9. The van der Waals surface area contributed by atoms with Crippen LogP contribution in [-0.2, 0) is 6.54 Å². The molecule has 0 spiro atoms. The van der Waals surface area contributed by atoms with Crippen molar-refractivity contribution in [2.45, 2.75) is 64.2 Å². The molecule has 0 bridgehead atoms. The molecule has 1 aliphatic carbocycles. The van der Waals surface area contributed by atoms with E-state index in [1.807, 2.05) is 26.1 Å². The summed E-state index contributed by atoms with van der Waals surface area (Å²) < 4.78 is 0. The summed E-state index contributed by atoms with van der Waals surface area (Å²) in [5.74, 6) is 1.14. The molecule has 7 heteroatoms. The highest BCUT2D eigenvalue weighted by atomic mass is 15.2. The van der Waals surface area contributed by atoms with Crippen LogP contribution in [-0.4, -0.2) is 56.0 Å². The van der Waals surface area contributed by atoms with Gasteiger partial charge in [-0.05, 0) is 68.3 Å². The van der Waals surface area contributed by atoms with Gasteiger partial charge in [-0.3, -0.25) is 0 Å². The number of fused-ring (bicyclic) bond motifs is 1. The van der Waals surface area contributed by atoms with E-state index >= 15 is 0 Å². The Morgan fingerprint density at radius 1 is 1.34 bits per heavy atom. The highest BCUT2D eigenvalue weighted by Gasteiger charge is 2.40. The molecule has 0 amide bonds. The molecule has 1 aromatic rings. The number of nitrogens with two attached hydrogens (primary N) is 1. The number of hydrogen-bond donors (Lipinski definition) is 5. The Morgan fingerprint density at radius 2 is 2.18 bits per heavy atom. The van der Waals surface area contributed by atoms with E-state index in [1.165, 1.54) is 29.6 Å². The van der Waals surface area contributed by atoms with Crippen LogP contribution in [0.5, 0.6) is 0 Å². The molecule has 1 aromatic carbocycles. The van der Waals surface area contributed by atoms with Gasteiger partial charge < -0.3 is 27.0 Å². The van der Waals surface area contributed by atoms with Gasteiger partial charge in [0.15, 0.2) is 0 Å².